The van der Waals surface area contributed by atoms with Crippen LogP contribution in [0.15, 0.2) is 78.5 Å². The van der Waals surface area contributed by atoms with Crippen molar-refractivity contribution in [3.63, 3.8) is 0 Å². The van der Waals surface area contributed by atoms with Crippen molar-refractivity contribution in [1.29, 1.82) is 0 Å². The zero-order chi connectivity index (χ0) is 22.7. The van der Waals surface area contributed by atoms with Gasteiger partial charge in [-0.2, -0.15) is 0 Å². The number of hydrogen-bond donors (Lipinski definition) is 2. The molecule has 32 heavy (non-hydrogen) atoms. The smallest absolute Gasteiger partial charge is 0.335 e. The van der Waals surface area contributed by atoms with Crippen LogP contribution in [0.25, 0.3) is 6.08 Å². The second kappa shape index (κ2) is 8.95. The van der Waals surface area contributed by atoms with Crippen LogP contribution in [0.5, 0.6) is 5.75 Å². The number of urea groups is 1. The first-order valence-electron chi connectivity index (χ1n) is 9.58. The van der Waals surface area contributed by atoms with E-state index in [0.29, 0.717) is 22.0 Å². The van der Waals surface area contributed by atoms with E-state index in [1.807, 2.05) is 0 Å². The number of hydrogen-bond acceptors (Lipinski definition) is 4. The Labute approximate surface area is 188 Å². The molecule has 0 saturated carbocycles. The first-order chi connectivity index (χ1) is 15.4. The molecular formula is C24H17ClN2O5. The van der Waals surface area contributed by atoms with Crippen molar-refractivity contribution in [3.05, 3.63) is 100 Å². The average molecular weight is 449 g/mol. The molecule has 1 heterocycles. The van der Waals surface area contributed by atoms with Gasteiger partial charge >= 0.3 is 12.0 Å². The van der Waals surface area contributed by atoms with Gasteiger partial charge in [-0.25, -0.2) is 14.5 Å². The van der Waals surface area contributed by atoms with Gasteiger partial charge in [-0.15, -0.1) is 0 Å². The number of anilines is 1. The van der Waals surface area contributed by atoms with Gasteiger partial charge in [0.1, 0.15) is 18.1 Å². The molecule has 0 aliphatic carbocycles. The molecule has 3 aromatic carbocycles. The van der Waals surface area contributed by atoms with Crippen molar-refractivity contribution < 1.29 is 24.2 Å². The fourth-order valence-corrected chi connectivity index (χ4v) is 3.31. The Hall–Kier alpha value is -4.10. The molecule has 1 fully saturated rings. The lowest BCUT2D eigenvalue weighted by Crippen LogP contribution is -2.30. The fraction of sp³-hybridized carbons (Fsp3) is 0.0417. The molecule has 0 aromatic heterocycles. The molecule has 1 aliphatic rings. The van der Waals surface area contributed by atoms with Crippen LogP contribution in [0.2, 0.25) is 5.02 Å². The molecule has 4 rings (SSSR count). The van der Waals surface area contributed by atoms with Crippen LogP contribution in [0.1, 0.15) is 21.5 Å². The summed E-state index contributed by atoms with van der Waals surface area (Å²) < 4.78 is 5.72. The number of rotatable bonds is 6. The number of aromatic carboxylic acids is 1. The van der Waals surface area contributed by atoms with Crippen LogP contribution in [0, 0.1) is 0 Å². The molecule has 8 heteroatoms. The Morgan fingerprint density at radius 1 is 1.03 bits per heavy atom. The van der Waals surface area contributed by atoms with Gasteiger partial charge in [0, 0.05) is 5.02 Å². The number of nitrogens with one attached hydrogen (secondary N) is 1. The van der Waals surface area contributed by atoms with E-state index in [2.05, 4.69) is 5.32 Å². The summed E-state index contributed by atoms with van der Waals surface area (Å²) in [4.78, 5) is 36.9. The van der Waals surface area contributed by atoms with E-state index in [1.165, 1.54) is 12.1 Å². The highest BCUT2D eigenvalue weighted by Gasteiger charge is 2.34. The molecule has 1 saturated heterocycles. The summed E-state index contributed by atoms with van der Waals surface area (Å²) in [6, 6.07) is 19.4. The van der Waals surface area contributed by atoms with E-state index < -0.39 is 17.9 Å². The maximum absolute atomic E-state index is 12.7. The first-order valence-corrected chi connectivity index (χ1v) is 9.96. The lowest BCUT2D eigenvalue weighted by molar-refractivity contribution is -0.113. The van der Waals surface area contributed by atoms with E-state index in [4.69, 9.17) is 21.4 Å². The van der Waals surface area contributed by atoms with Crippen molar-refractivity contribution in [2.75, 3.05) is 4.90 Å². The third kappa shape index (κ3) is 4.63. The van der Waals surface area contributed by atoms with Crippen LogP contribution in [-0.2, 0) is 11.4 Å². The number of imide groups is 1. The molecule has 3 aromatic rings. The minimum absolute atomic E-state index is 0.155. The Balaban J connectivity index is 1.42. The minimum atomic E-state index is -0.977. The number of carboxylic acid groups (broad SMARTS) is 1. The van der Waals surface area contributed by atoms with E-state index in [9.17, 15) is 14.4 Å². The summed E-state index contributed by atoms with van der Waals surface area (Å²) in [5.74, 6) is -0.839. The van der Waals surface area contributed by atoms with Crippen LogP contribution in [-0.4, -0.2) is 23.0 Å². The number of amides is 3. The molecule has 0 radical (unpaired) electrons. The lowest BCUT2D eigenvalue weighted by Gasteiger charge is -2.11. The van der Waals surface area contributed by atoms with Crippen LogP contribution < -0.4 is 15.0 Å². The molecule has 1 aliphatic heterocycles. The Kier molecular flexibility index (Phi) is 5.91. The molecule has 0 bridgehead atoms. The first kappa shape index (κ1) is 21.1. The summed E-state index contributed by atoms with van der Waals surface area (Å²) in [6.45, 7) is 0.281. The summed E-state index contributed by atoms with van der Waals surface area (Å²) in [6.07, 6.45) is 1.58. The molecule has 0 spiro atoms. The molecule has 0 unspecified atom stereocenters. The highest BCUT2D eigenvalue weighted by Crippen LogP contribution is 2.25. The number of halogens is 1. The van der Waals surface area contributed by atoms with Crippen molar-refractivity contribution in [2.45, 2.75) is 6.61 Å². The quantitative estimate of drug-likeness (QED) is 0.420. The van der Waals surface area contributed by atoms with E-state index >= 15 is 0 Å². The minimum Gasteiger partial charge on any atom is -0.489 e. The fourth-order valence-electron chi connectivity index (χ4n) is 3.12. The average Bonchev–Trinajstić information content (AvgIpc) is 3.06. The van der Waals surface area contributed by atoms with Gasteiger partial charge in [0.05, 0.1) is 11.3 Å². The number of carbonyl (C=O) groups is 3. The number of carbonyl (C=O) groups excluding carboxylic acids is 2. The number of ether oxygens (including phenoxy) is 1. The monoisotopic (exact) mass is 448 g/mol. The number of nitrogens with zero attached hydrogens (tertiary/aromatic N) is 1. The third-order valence-corrected chi connectivity index (χ3v) is 4.98. The third-order valence-electron chi connectivity index (χ3n) is 4.74. The topological polar surface area (TPSA) is 95.9 Å². The number of benzene rings is 3. The van der Waals surface area contributed by atoms with Gasteiger partial charge in [0.2, 0.25) is 0 Å². The van der Waals surface area contributed by atoms with Crippen LogP contribution in [0.4, 0.5) is 10.5 Å². The predicted molar refractivity (Wildman–Crippen MR) is 120 cm³/mol. The van der Waals surface area contributed by atoms with Gasteiger partial charge in [0.25, 0.3) is 5.91 Å². The van der Waals surface area contributed by atoms with Crippen LogP contribution in [0.3, 0.4) is 0 Å². The van der Waals surface area contributed by atoms with Gasteiger partial charge in [-0.3, -0.25) is 4.79 Å². The molecule has 160 valence electrons. The van der Waals surface area contributed by atoms with Crippen LogP contribution >= 0.6 is 11.6 Å². The molecule has 3 amide bonds. The Morgan fingerprint density at radius 2 is 1.75 bits per heavy atom. The normalized spacial score (nSPS) is 14.5. The zero-order valence-electron chi connectivity index (χ0n) is 16.6. The standard InChI is InChI=1S/C24H17ClN2O5/c25-18-2-1-3-19(13-18)27-22(28)21(26-24(27)31)12-15-6-10-20(11-7-15)32-14-16-4-8-17(9-5-16)23(29)30/h1-13H,14H2,(H,26,31)(H,29,30)/b21-12+. The van der Waals surface area contributed by atoms with E-state index in [0.717, 1.165) is 10.5 Å². The molecule has 0 atom stereocenters. The van der Waals surface area contributed by atoms with Gasteiger partial charge in [0.15, 0.2) is 0 Å². The van der Waals surface area contributed by atoms with Gasteiger partial charge in [-0.1, -0.05) is 41.9 Å². The van der Waals surface area contributed by atoms with Gasteiger partial charge in [-0.05, 0) is 59.7 Å². The predicted octanol–water partition coefficient (Wildman–Crippen LogP) is 4.71. The SMILES string of the molecule is O=C(O)c1ccc(COc2ccc(/C=C3/NC(=O)N(c4cccc(Cl)c4)C3=O)cc2)cc1. The largest absolute Gasteiger partial charge is 0.489 e. The maximum atomic E-state index is 12.7. The second-order valence-corrected chi connectivity index (χ2v) is 7.40. The number of carboxylic acids is 1. The summed E-state index contributed by atoms with van der Waals surface area (Å²) >= 11 is 5.96. The maximum Gasteiger partial charge on any atom is 0.335 e. The highest BCUT2D eigenvalue weighted by atomic mass is 35.5. The summed E-state index contributed by atoms with van der Waals surface area (Å²) in [7, 11) is 0. The highest BCUT2D eigenvalue weighted by molar-refractivity contribution is 6.32. The second-order valence-electron chi connectivity index (χ2n) is 6.97. The van der Waals surface area contributed by atoms with Crippen molar-refractivity contribution >= 4 is 41.3 Å². The van der Waals surface area contributed by atoms with Crippen molar-refractivity contribution in [3.8, 4) is 5.75 Å². The molecule has 2 N–H and O–H groups in total. The molecule has 7 nitrogen and oxygen atoms in total. The van der Waals surface area contributed by atoms with Crippen molar-refractivity contribution in [2.24, 2.45) is 0 Å². The molecular weight excluding hydrogens is 432 g/mol. The van der Waals surface area contributed by atoms with E-state index in [1.54, 1.807) is 66.7 Å². The zero-order valence-corrected chi connectivity index (χ0v) is 17.4. The van der Waals surface area contributed by atoms with E-state index in [-0.39, 0.29) is 17.9 Å². The Morgan fingerprint density at radius 3 is 2.41 bits per heavy atom. The summed E-state index contributed by atoms with van der Waals surface area (Å²) in [5.41, 5.74) is 2.31. The summed E-state index contributed by atoms with van der Waals surface area (Å²) in [5, 5.41) is 11.9. The Bertz CT molecular complexity index is 1220. The lowest BCUT2D eigenvalue weighted by atomic mass is 10.1. The van der Waals surface area contributed by atoms with Crippen molar-refractivity contribution in [1.82, 2.24) is 5.32 Å². The van der Waals surface area contributed by atoms with Gasteiger partial charge < -0.3 is 15.2 Å².